The molecule has 22 heavy (non-hydrogen) atoms. The fourth-order valence-corrected chi connectivity index (χ4v) is 2.82. The highest BCUT2D eigenvalue weighted by Crippen LogP contribution is 2.50. The number of esters is 1. The third-order valence-electron chi connectivity index (χ3n) is 2.87. The third kappa shape index (κ3) is 4.07. The fourth-order valence-electron chi connectivity index (χ4n) is 1.61. The Labute approximate surface area is 128 Å². The Morgan fingerprint density at radius 2 is 1.59 bits per heavy atom. The van der Waals surface area contributed by atoms with Crippen LogP contribution in [0.2, 0.25) is 0 Å². The van der Waals surface area contributed by atoms with E-state index in [1.807, 2.05) is 0 Å². The molecule has 1 aromatic rings. The number of amides is 1. The van der Waals surface area contributed by atoms with E-state index in [1.165, 1.54) is 19.2 Å². The van der Waals surface area contributed by atoms with Crippen LogP contribution in [0, 0.1) is 0 Å². The first-order chi connectivity index (χ1) is 10.4. The van der Waals surface area contributed by atoms with Crippen LogP contribution >= 0.6 is 7.60 Å². The Bertz CT molecular complexity index is 564. The number of methoxy groups -OCH3 is 2. The molecule has 0 aliphatic carbocycles. The van der Waals surface area contributed by atoms with Crippen molar-refractivity contribution in [3.63, 3.8) is 0 Å². The lowest BCUT2D eigenvalue weighted by Crippen LogP contribution is -2.42. The molecule has 0 heterocycles. The van der Waals surface area contributed by atoms with Gasteiger partial charge in [-0.1, -0.05) is 0 Å². The molecule has 0 spiro atoms. The lowest BCUT2D eigenvalue weighted by Gasteiger charge is -2.23. The molecule has 0 aliphatic rings. The molecule has 1 amide bonds. The van der Waals surface area contributed by atoms with E-state index in [2.05, 4.69) is 10.1 Å². The van der Waals surface area contributed by atoms with Crippen molar-refractivity contribution < 1.29 is 32.7 Å². The Balaban J connectivity index is 3.00. The second kappa shape index (κ2) is 7.93. The summed E-state index contributed by atoms with van der Waals surface area (Å²) in [7, 11) is 0.935. The van der Waals surface area contributed by atoms with Crippen molar-refractivity contribution in [1.82, 2.24) is 5.32 Å². The zero-order valence-corrected chi connectivity index (χ0v) is 13.6. The SMILES string of the molecule is COC(=O)C(NC(=O)c1ccc(OC)cc1)P(=O)(OC)OC. The van der Waals surface area contributed by atoms with Gasteiger partial charge in [-0.3, -0.25) is 9.36 Å². The van der Waals surface area contributed by atoms with Gasteiger partial charge in [-0.2, -0.15) is 0 Å². The molecule has 0 bridgehead atoms. The quantitative estimate of drug-likeness (QED) is 0.595. The van der Waals surface area contributed by atoms with Gasteiger partial charge < -0.3 is 23.8 Å². The monoisotopic (exact) mass is 331 g/mol. The fraction of sp³-hybridized carbons (Fsp3) is 0.385. The van der Waals surface area contributed by atoms with Crippen molar-refractivity contribution in [3.05, 3.63) is 29.8 Å². The molecule has 9 heteroatoms. The van der Waals surface area contributed by atoms with Crippen LogP contribution in [0.5, 0.6) is 5.75 Å². The lowest BCUT2D eigenvalue weighted by atomic mass is 10.2. The summed E-state index contributed by atoms with van der Waals surface area (Å²) in [5.74, 6) is -2.57. The molecule has 1 aromatic carbocycles. The number of nitrogens with one attached hydrogen (secondary N) is 1. The number of benzene rings is 1. The van der Waals surface area contributed by atoms with Gasteiger partial charge in [-0.15, -0.1) is 0 Å². The van der Waals surface area contributed by atoms with Gasteiger partial charge in [0, 0.05) is 19.8 Å². The van der Waals surface area contributed by atoms with Gasteiger partial charge in [0.15, 0.2) is 0 Å². The van der Waals surface area contributed by atoms with Crippen LogP contribution in [0.25, 0.3) is 0 Å². The highest BCUT2D eigenvalue weighted by Gasteiger charge is 2.42. The van der Waals surface area contributed by atoms with Gasteiger partial charge in [-0.25, -0.2) is 4.79 Å². The maximum Gasteiger partial charge on any atom is 0.363 e. The molecule has 0 saturated carbocycles. The number of ether oxygens (including phenoxy) is 2. The van der Waals surface area contributed by atoms with Crippen LogP contribution in [0.4, 0.5) is 0 Å². The maximum absolute atomic E-state index is 12.3. The zero-order valence-electron chi connectivity index (χ0n) is 12.7. The molecule has 0 aromatic heterocycles. The predicted octanol–water partition coefficient (Wildman–Crippen LogP) is 1.41. The molecular formula is C13H18NO7P. The number of hydrogen-bond acceptors (Lipinski definition) is 7. The van der Waals surface area contributed by atoms with E-state index < -0.39 is 25.3 Å². The molecule has 122 valence electrons. The van der Waals surface area contributed by atoms with Crippen molar-refractivity contribution >= 4 is 19.5 Å². The molecule has 0 fully saturated rings. The molecule has 1 unspecified atom stereocenters. The minimum Gasteiger partial charge on any atom is -0.497 e. The third-order valence-corrected chi connectivity index (χ3v) is 4.86. The van der Waals surface area contributed by atoms with E-state index in [0.29, 0.717) is 5.75 Å². The minimum absolute atomic E-state index is 0.244. The Morgan fingerprint density at radius 1 is 1.05 bits per heavy atom. The van der Waals surface area contributed by atoms with E-state index in [4.69, 9.17) is 13.8 Å². The van der Waals surface area contributed by atoms with Crippen LogP contribution in [0.1, 0.15) is 10.4 Å². The van der Waals surface area contributed by atoms with E-state index in [1.54, 1.807) is 12.1 Å². The summed E-state index contributed by atoms with van der Waals surface area (Å²) in [6.07, 6.45) is 0. The summed E-state index contributed by atoms with van der Waals surface area (Å²) in [5, 5.41) is 2.30. The van der Waals surface area contributed by atoms with Crippen LogP contribution in [0.3, 0.4) is 0 Å². The average Bonchev–Trinajstić information content (AvgIpc) is 2.58. The first-order valence-corrected chi connectivity index (χ1v) is 7.77. The first kappa shape index (κ1) is 18.2. The van der Waals surface area contributed by atoms with Gasteiger partial charge in [-0.05, 0) is 24.3 Å². The average molecular weight is 331 g/mol. The zero-order chi connectivity index (χ0) is 16.8. The second-order valence-corrected chi connectivity index (χ2v) is 6.36. The Hall–Kier alpha value is -1.89. The van der Waals surface area contributed by atoms with Gasteiger partial charge in [0.2, 0.25) is 5.78 Å². The largest absolute Gasteiger partial charge is 0.497 e. The normalized spacial score (nSPS) is 12.4. The molecule has 0 radical (unpaired) electrons. The molecule has 0 saturated heterocycles. The van der Waals surface area contributed by atoms with Gasteiger partial charge in [0.05, 0.1) is 14.2 Å². The van der Waals surface area contributed by atoms with Crippen LogP contribution in [-0.4, -0.2) is 46.1 Å². The van der Waals surface area contributed by atoms with E-state index in [0.717, 1.165) is 21.3 Å². The summed E-state index contributed by atoms with van der Waals surface area (Å²) in [6, 6.07) is 6.14. The van der Waals surface area contributed by atoms with Gasteiger partial charge >= 0.3 is 13.6 Å². The van der Waals surface area contributed by atoms with Gasteiger partial charge in [0.25, 0.3) is 5.91 Å². The number of hydrogen-bond donors (Lipinski definition) is 1. The van der Waals surface area contributed by atoms with Crippen LogP contribution in [0.15, 0.2) is 24.3 Å². The van der Waals surface area contributed by atoms with E-state index in [-0.39, 0.29) is 5.56 Å². The smallest absolute Gasteiger partial charge is 0.363 e. The summed E-state index contributed by atoms with van der Waals surface area (Å²) < 4.78 is 31.3. The molecule has 1 N–H and O–H groups in total. The van der Waals surface area contributed by atoms with Gasteiger partial charge in [0.1, 0.15) is 5.75 Å². The van der Waals surface area contributed by atoms with Crippen molar-refractivity contribution in [1.29, 1.82) is 0 Å². The number of rotatable bonds is 7. The molecule has 8 nitrogen and oxygen atoms in total. The molecule has 0 aliphatic heterocycles. The number of carbonyl (C=O) groups excluding carboxylic acids is 2. The topological polar surface area (TPSA) is 100 Å². The Kier molecular flexibility index (Phi) is 6.55. The minimum atomic E-state index is -3.88. The van der Waals surface area contributed by atoms with Crippen molar-refractivity contribution in [2.45, 2.75) is 5.78 Å². The van der Waals surface area contributed by atoms with E-state index >= 15 is 0 Å². The second-order valence-electron chi connectivity index (χ2n) is 4.03. The van der Waals surface area contributed by atoms with Crippen molar-refractivity contribution in [2.75, 3.05) is 28.4 Å². The number of carbonyl (C=O) groups is 2. The maximum atomic E-state index is 12.3. The van der Waals surface area contributed by atoms with Crippen LogP contribution in [-0.2, 0) is 23.1 Å². The predicted molar refractivity (Wildman–Crippen MR) is 77.9 cm³/mol. The molecular weight excluding hydrogens is 313 g/mol. The lowest BCUT2D eigenvalue weighted by molar-refractivity contribution is -0.141. The van der Waals surface area contributed by atoms with Crippen LogP contribution < -0.4 is 10.1 Å². The van der Waals surface area contributed by atoms with E-state index in [9.17, 15) is 14.2 Å². The molecule has 1 rings (SSSR count). The first-order valence-electron chi connectivity index (χ1n) is 6.15. The van der Waals surface area contributed by atoms with Crippen molar-refractivity contribution in [3.8, 4) is 5.75 Å². The molecule has 1 atom stereocenters. The van der Waals surface area contributed by atoms with Crippen molar-refractivity contribution in [2.24, 2.45) is 0 Å². The summed E-state index contributed by atoms with van der Waals surface area (Å²) in [6.45, 7) is 0. The Morgan fingerprint density at radius 3 is 2.00 bits per heavy atom. The highest BCUT2D eigenvalue weighted by atomic mass is 31.2. The summed E-state index contributed by atoms with van der Waals surface area (Å²) in [4.78, 5) is 23.9. The highest BCUT2D eigenvalue weighted by molar-refractivity contribution is 7.55. The standard InChI is InChI=1S/C13H18NO7P/c1-18-10-7-5-9(6-8-10)11(15)14-12(13(16)19-2)22(17,20-3)21-4/h5-8,12H,1-4H3,(H,14,15). The summed E-state index contributed by atoms with van der Waals surface area (Å²) >= 11 is 0. The summed E-state index contributed by atoms with van der Waals surface area (Å²) in [5.41, 5.74) is 0.244.